The van der Waals surface area contributed by atoms with Gasteiger partial charge in [0.15, 0.2) is 18.1 Å². The molecule has 11 atom stereocenters. The molecule has 0 radical (unpaired) electrons. The summed E-state index contributed by atoms with van der Waals surface area (Å²) in [5, 5.41) is 20.8. The van der Waals surface area contributed by atoms with Crippen LogP contribution in [0.3, 0.4) is 0 Å². The normalized spacial score (nSPS) is 47.7. The van der Waals surface area contributed by atoms with Crippen molar-refractivity contribution < 1.29 is 42.5 Å². The summed E-state index contributed by atoms with van der Waals surface area (Å²) in [4.78, 5) is 39.3. The molecular weight excluding hydrogens is 536 g/mol. The fourth-order valence-electron chi connectivity index (χ4n) is 10.0. The van der Waals surface area contributed by atoms with Gasteiger partial charge in [-0.05, 0) is 74.9 Å². The lowest BCUT2D eigenvalue weighted by Crippen LogP contribution is -2.70. The Morgan fingerprint density at radius 3 is 2.61 bits per heavy atom. The van der Waals surface area contributed by atoms with E-state index in [1.165, 1.54) is 19.1 Å². The molecule has 8 nitrogen and oxygen atoms in total. The van der Waals surface area contributed by atoms with Gasteiger partial charge in [0.1, 0.15) is 18.0 Å². The van der Waals surface area contributed by atoms with Gasteiger partial charge in [0, 0.05) is 35.5 Å². The summed E-state index contributed by atoms with van der Waals surface area (Å²) in [6.07, 6.45) is 2.63. The maximum absolute atomic E-state index is 17.5. The highest BCUT2D eigenvalue weighted by Gasteiger charge is 2.78. The van der Waals surface area contributed by atoms with Crippen molar-refractivity contribution in [1.29, 1.82) is 5.26 Å². The number of esters is 1. The number of nitriles is 1. The standard InChI is InChI=1S/C31H37F2NO7/c1-16-10-20-21-14-23(32)22-13-19(35)6-7-28(22,2)30(21,33)25(36)15-29(20,3)31(16,26(37)39-9-8-34)41-27(38)40-24-12-17-4-5-18(24)11-17/h6-7,16-18,20-21,24-25,36H,4-5,9-15H2,1-3H3/t16-,17+,18-,20+,21+,24+,25+,28+,29+,30+,31+/m1/s1. The van der Waals surface area contributed by atoms with Crippen LogP contribution in [0, 0.1) is 51.8 Å². The number of ketones is 1. The summed E-state index contributed by atoms with van der Waals surface area (Å²) in [7, 11) is 0. The number of aliphatic hydroxyl groups excluding tert-OH is 1. The van der Waals surface area contributed by atoms with Gasteiger partial charge in [-0.25, -0.2) is 18.4 Å². The van der Waals surface area contributed by atoms with Gasteiger partial charge in [-0.1, -0.05) is 19.9 Å². The summed E-state index contributed by atoms with van der Waals surface area (Å²) in [6.45, 7) is 4.27. The van der Waals surface area contributed by atoms with Crippen molar-refractivity contribution in [2.45, 2.75) is 95.6 Å². The summed E-state index contributed by atoms with van der Waals surface area (Å²) in [6, 6.07) is 1.76. The average molecular weight is 574 g/mol. The molecule has 6 aliphatic rings. The minimum atomic E-state index is -2.34. The van der Waals surface area contributed by atoms with Crippen LogP contribution in [0.1, 0.15) is 72.1 Å². The second-order valence-electron chi connectivity index (χ2n) is 13.7. The zero-order chi connectivity index (χ0) is 29.5. The fourth-order valence-corrected chi connectivity index (χ4v) is 10.0. The van der Waals surface area contributed by atoms with Crippen molar-refractivity contribution in [1.82, 2.24) is 0 Å². The summed E-state index contributed by atoms with van der Waals surface area (Å²) in [5.74, 6) is -3.64. The Labute approximate surface area is 238 Å². The lowest BCUT2D eigenvalue weighted by molar-refractivity contribution is -0.229. The van der Waals surface area contributed by atoms with E-state index in [0.717, 1.165) is 25.7 Å². The molecule has 0 aromatic carbocycles. The quantitative estimate of drug-likeness (QED) is 0.464. The number of nitrogens with zero attached hydrogens (tertiary/aromatic N) is 1. The van der Waals surface area contributed by atoms with Crippen molar-refractivity contribution in [2.75, 3.05) is 6.61 Å². The van der Waals surface area contributed by atoms with Gasteiger partial charge in [-0.3, -0.25) is 4.79 Å². The molecule has 0 spiro atoms. The number of halogens is 2. The van der Waals surface area contributed by atoms with Crippen LogP contribution < -0.4 is 0 Å². The van der Waals surface area contributed by atoms with Gasteiger partial charge in [0.25, 0.3) is 0 Å². The predicted molar refractivity (Wildman–Crippen MR) is 139 cm³/mol. The average Bonchev–Trinajstić information content (AvgIpc) is 3.59. The molecule has 1 N–H and O–H groups in total. The number of aliphatic hydroxyl groups is 1. The zero-order valence-corrected chi connectivity index (χ0v) is 23.7. The first-order valence-corrected chi connectivity index (χ1v) is 14.7. The number of carbonyl (C=O) groups is 3. The minimum Gasteiger partial charge on any atom is -0.447 e. The number of ether oxygens (including phenoxy) is 3. The molecule has 222 valence electrons. The first kappa shape index (κ1) is 28.3. The Bertz CT molecular complexity index is 1290. The van der Waals surface area contributed by atoms with Gasteiger partial charge in [0.05, 0.1) is 6.10 Å². The molecular formula is C31H37F2NO7. The molecule has 0 aromatic rings. The van der Waals surface area contributed by atoms with Crippen LogP contribution >= 0.6 is 0 Å². The molecule has 6 aliphatic carbocycles. The monoisotopic (exact) mass is 573 g/mol. The third-order valence-corrected chi connectivity index (χ3v) is 11.9. The fraction of sp³-hybridized carbons (Fsp3) is 0.742. The van der Waals surface area contributed by atoms with E-state index in [1.807, 2.05) is 0 Å². The van der Waals surface area contributed by atoms with Gasteiger partial charge in [-0.2, -0.15) is 5.26 Å². The first-order valence-electron chi connectivity index (χ1n) is 14.7. The Morgan fingerprint density at radius 1 is 1.20 bits per heavy atom. The summed E-state index contributed by atoms with van der Waals surface area (Å²) >= 11 is 0. The Kier molecular flexibility index (Phi) is 6.46. The lowest BCUT2D eigenvalue weighted by atomic mass is 9.45. The molecule has 0 unspecified atom stereocenters. The second kappa shape index (κ2) is 9.35. The van der Waals surface area contributed by atoms with Crippen LogP contribution in [0.2, 0.25) is 0 Å². The number of hydrogen-bond acceptors (Lipinski definition) is 8. The number of carbonyl (C=O) groups excluding carboxylic acids is 3. The van der Waals surface area contributed by atoms with Crippen molar-refractivity contribution in [3.05, 3.63) is 23.6 Å². The minimum absolute atomic E-state index is 0.0443. The molecule has 0 aromatic heterocycles. The third kappa shape index (κ3) is 3.66. The largest absolute Gasteiger partial charge is 0.509 e. The molecule has 4 fully saturated rings. The first-order chi connectivity index (χ1) is 19.3. The number of alkyl halides is 1. The third-order valence-electron chi connectivity index (χ3n) is 11.9. The highest BCUT2D eigenvalue weighted by molar-refractivity contribution is 5.93. The number of allylic oxidation sites excluding steroid dienone is 4. The highest BCUT2D eigenvalue weighted by Crippen LogP contribution is 2.71. The van der Waals surface area contributed by atoms with Crippen molar-refractivity contribution in [3.63, 3.8) is 0 Å². The van der Waals surface area contributed by atoms with Crippen LogP contribution in [0.5, 0.6) is 0 Å². The SMILES string of the molecule is C[C@@H]1C[C@H]2[C@@H]3CC(F)=C4CC(=O)C=C[C@]4(C)[C@@]3(F)[C@@H](O)C[C@]2(C)[C@@]1(OC(=O)O[C@H]1C[C@H]2CC[C@@H]1C2)C(=O)OCC#N. The molecule has 4 saturated carbocycles. The van der Waals surface area contributed by atoms with Crippen LogP contribution in [-0.4, -0.2) is 53.1 Å². The molecule has 0 saturated heterocycles. The van der Waals surface area contributed by atoms with E-state index in [-0.39, 0.29) is 49.1 Å². The summed E-state index contributed by atoms with van der Waals surface area (Å²) < 4.78 is 50.3. The topological polar surface area (TPSA) is 123 Å². The van der Waals surface area contributed by atoms with E-state index in [4.69, 9.17) is 19.5 Å². The van der Waals surface area contributed by atoms with Crippen molar-refractivity contribution in [3.8, 4) is 6.07 Å². The predicted octanol–water partition coefficient (Wildman–Crippen LogP) is 5.05. The Hall–Kier alpha value is -2.80. The Morgan fingerprint density at radius 2 is 1.95 bits per heavy atom. The molecule has 0 amide bonds. The van der Waals surface area contributed by atoms with Crippen LogP contribution in [0.4, 0.5) is 13.6 Å². The van der Waals surface area contributed by atoms with Crippen molar-refractivity contribution >= 4 is 17.9 Å². The van der Waals surface area contributed by atoms with Gasteiger partial charge in [0.2, 0.25) is 5.60 Å². The maximum atomic E-state index is 17.5. The Balaban J connectivity index is 1.39. The molecule has 2 bridgehead atoms. The maximum Gasteiger partial charge on any atom is 0.509 e. The van der Waals surface area contributed by atoms with E-state index < -0.39 is 70.5 Å². The van der Waals surface area contributed by atoms with Crippen LogP contribution in [0.25, 0.3) is 0 Å². The van der Waals surface area contributed by atoms with E-state index in [0.29, 0.717) is 5.92 Å². The summed E-state index contributed by atoms with van der Waals surface area (Å²) in [5.41, 5.74) is -7.22. The lowest BCUT2D eigenvalue weighted by Gasteiger charge is -2.62. The number of rotatable bonds is 4. The molecule has 6 rings (SSSR count). The van der Waals surface area contributed by atoms with Gasteiger partial charge in [-0.15, -0.1) is 0 Å². The van der Waals surface area contributed by atoms with Crippen LogP contribution in [-0.2, 0) is 23.8 Å². The zero-order valence-electron chi connectivity index (χ0n) is 23.7. The van der Waals surface area contributed by atoms with Gasteiger partial charge < -0.3 is 19.3 Å². The number of fused-ring (bicyclic) bond motifs is 7. The smallest absolute Gasteiger partial charge is 0.447 e. The molecule has 0 heterocycles. The van der Waals surface area contributed by atoms with E-state index in [1.54, 1.807) is 19.9 Å². The molecule has 10 heteroatoms. The van der Waals surface area contributed by atoms with Crippen LogP contribution in [0.15, 0.2) is 23.6 Å². The van der Waals surface area contributed by atoms with Crippen molar-refractivity contribution in [2.24, 2.45) is 40.4 Å². The van der Waals surface area contributed by atoms with E-state index in [9.17, 15) is 19.5 Å². The van der Waals surface area contributed by atoms with Gasteiger partial charge >= 0.3 is 12.1 Å². The second-order valence-corrected chi connectivity index (χ2v) is 13.7. The molecule has 41 heavy (non-hydrogen) atoms. The highest BCUT2D eigenvalue weighted by atomic mass is 19.1. The van der Waals surface area contributed by atoms with E-state index >= 15 is 8.78 Å². The van der Waals surface area contributed by atoms with E-state index in [2.05, 4.69) is 0 Å². The number of hydrogen-bond donors (Lipinski definition) is 1. The molecule has 0 aliphatic heterocycles.